The third-order valence-corrected chi connectivity index (χ3v) is 8.59. The molecular weight excluding hydrogens is 556 g/mol. The van der Waals surface area contributed by atoms with Gasteiger partial charge in [0.25, 0.3) is 0 Å². The van der Waals surface area contributed by atoms with Crippen LogP contribution in [-0.2, 0) is 18.3 Å². The minimum atomic E-state index is -0.0128. The van der Waals surface area contributed by atoms with Gasteiger partial charge in [-0.2, -0.15) is 0 Å². The van der Waals surface area contributed by atoms with Crippen molar-refractivity contribution < 1.29 is 19.1 Å². The highest BCUT2D eigenvalue weighted by Crippen LogP contribution is 2.36. The first-order valence-corrected chi connectivity index (χ1v) is 14.8. The van der Waals surface area contributed by atoms with Gasteiger partial charge in [-0.05, 0) is 51.7 Å². The van der Waals surface area contributed by atoms with Gasteiger partial charge >= 0.3 is 0 Å². The Balaban J connectivity index is 1.32. The van der Waals surface area contributed by atoms with Gasteiger partial charge in [0.15, 0.2) is 5.78 Å². The van der Waals surface area contributed by atoms with Gasteiger partial charge in [-0.25, -0.2) is 4.98 Å². The molecule has 1 aliphatic rings. The van der Waals surface area contributed by atoms with E-state index in [9.17, 15) is 9.59 Å². The molecule has 0 aliphatic carbocycles. The molecule has 1 saturated heterocycles. The molecule has 4 heterocycles. The summed E-state index contributed by atoms with van der Waals surface area (Å²) in [5, 5.41) is 0.905. The van der Waals surface area contributed by atoms with Crippen LogP contribution in [0.5, 0.6) is 11.5 Å². The fourth-order valence-electron chi connectivity index (χ4n) is 6.36. The molecule has 0 spiro atoms. The van der Waals surface area contributed by atoms with E-state index in [-0.39, 0.29) is 24.0 Å². The molecule has 10 nitrogen and oxygen atoms in total. The van der Waals surface area contributed by atoms with E-state index in [4.69, 9.17) is 14.5 Å². The third-order valence-electron chi connectivity index (χ3n) is 8.59. The SMILES string of the molecule is COc1cc(-c2nc([C@@H]3CCN(C(=O)CN(C)C)C3)n3ccnc(C)c23)ccc1CC(=O)c1cc2c(OC)cccc2n1C. The Morgan fingerprint density at radius 2 is 1.86 bits per heavy atom. The number of carbonyl (C=O) groups excluding carboxylic acids is 2. The van der Waals surface area contributed by atoms with Crippen LogP contribution in [0.25, 0.3) is 27.7 Å². The number of ketones is 1. The van der Waals surface area contributed by atoms with Crippen molar-refractivity contribution in [3.05, 3.63) is 77.6 Å². The molecule has 2 aromatic carbocycles. The summed E-state index contributed by atoms with van der Waals surface area (Å²) < 4.78 is 15.3. The molecule has 1 aliphatic heterocycles. The molecule has 3 aromatic heterocycles. The van der Waals surface area contributed by atoms with E-state index < -0.39 is 0 Å². The van der Waals surface area contributed by atoms with Gasteiger partial charge in [0, 0.05) is 61.4 Å². The average molecular weight is 595 g/mol. The molecule has 0 bridgehead atoms. The lowest BCUT2D eigenvalue weighted by Crippen LogP contribution is -2.36. The first kappa shape index (κ1) is 29.4. The number of fused-ring (bicyclic) bond motifs is 2. The molecule has 0 saturated carbocycles. The number of amides is 1. The third kappa shape index (κ3) is 5.19. The van der Waals surface area contributed by atoms with Gasteiger partial charge in [-0.1, -0.05) is 18.2 Å². The number of nitrogens with zero attached hydrogens (tertiary/aromatic N) is 6. The first-order chi connectivity index (χ1) is 21.2. The Hall–Kier alpha value is -4.70. The molecular formula is C34H38N6O4. The number of aryl methyl sites for hydroxylation is 2. The van der Waals surface area contributed by atoms with Crippen molar-refractivity contribution in [1.29, 1.82) is 0 Å². The maximum atomic E-state index is 13.6. The number of hydrogen-bond acceptors (Lipinski definition) is 7. The predicted molar refractivity (Wildman–Crippen MR) is 170 cm³/mol. The van der Waals surface area contributed by atoms with E-state index in [2.05, 4.69) is 9.38 Å². The molecule has 44 heavy (non-hydrogen) atoms. The number of methoxy groups -OCH3 is 2. The second-order valence-corrected chi connectivity index (χ2v) is 11.7. The molecule has 6 rings (SSSR count). The zero-order chi connectivity index (χ0) is 31.1. The monoisotopic (exact) mass is 594 g/mol. The summed E-state index contributed by atoms with van der Waals surface area (Å²) in [7, 11) is 8.97. The lowest BCUT2D eigenvalue weighted by Gasteiger charge is -2.18. The molecule has 10 heteroatoms. The van der Waals surface area contributed by atoms with Crippen molar-refractivity contribution in [3.63, 3.8) is 0 Å². The second-order valence-electron chi connectivity index (χ2n) is 11.7. The summed E-state index contributed by atoms with van der Waals surface area (Å²) in [6.07, 6.45) is 4.77. The highest BCUT2D eigenvalue weighted by Gasteiger charge is 2.31. The Kier molecular flexibility index (Phi) is 7.85. The standard InChI is InChI=1S/C34H38N6O4/c1-21-33-32(36-34(40(33)15-13-35-21)24-12-14-39(19-24)31(42)20-37(2)3)23-11-10-22(30(17-23)44-6)16-28(41)27-18-25-26(38(27)4)8-7-9-29(25)43-5/h7-11,13,15,17-18,24H,12,14,16,19-20H2,1-6H3/t24-/m1/s1. The highest BCUT2D eigenvalue weighted by molar-refractivity contribution is 6.02. The van der Waals surface area contributed by atoms with Crippen molar-refractivity contribution in [2.24, 2.45) is 7.05 Å². The van der Waals surface area contributed by atoms with E-state index in [1.54, 1.807) is 20.4 Å². The maximum absolute atomic E-state index is 13.6. The minimum Gasteiger partial charge on any atom is -0.496 e. The Morgan fingerprint density at radius 1 is 1.07 bits per heavy atom. The molecule has 0 unspecified atom stereocenters. The molecule has 0 N–H and O–H groups in total. The lowest BCUT2D eigenvalue weighted by molar-refractivity contribution is -0.130. The summed E-state index contributed by atoms with van der Waals surface area (Å²) in [5.41, 5.74) is 5.82. The molecule has 1 fully saturated rings. The minimum absolute atomic E-state index is 0.0128. The van der Waals surface area contributed by atoms with Crippen LogP contribution in [-0.4, -0.2) is 88.4 Å². The van der Waals surface area contributed by atoms with E-state index in [1.807, 2.05) is 91.1 Å². The Morgan fingerprint density at radius 3 is 2.61 bits per heavy atom. The van der Waals surface area contributed by atoms with Gasteiger partial charge in [0.1, 0.15) is 17.3 Å². The summed E-state index contributed by atoms with van der Waals surface area (Å²) in [6, 6.07) is 13.6. The van der Waals surface area contributed by atoms with Gasteiger partial charge in [-0.15, -0.1) is 0 Å². The van der Waals surface area contributed by atoms with Crippen LogP contribution in [0.15, 0.2) is 54.9 Å². The van der Waals surface area contributed by atoms with Crippen LogP contribution < -0.4 is 9.47 Å². The largest absolute Gasteiger partial charge is 0.496 e. The number of rotatable bonds is 9. The summed E-state index contributed by atoms with van der Waals surface area (Å²) in [4.78, 5) is 39.9. The van der Waals surface area contributed by atoms with Crippen LogP contribution in [0.1, 0.15) is 39.9 Å². The first-order valence-electron chi connectivity index (χ1n) is 14.8. The number of likely N-dealkylation sites (N-methyl/N-ethyl adjacent to an activating group) is 1. The average Bonchev–Trinajstić information content (AvgIpc) is 3.73. The molecule has 1 atom stereocenters. The number of imidazole rings is 1. The highest BCUT2D eigenvalue weighted by atomic mass is 16.5. The molecule has 228 valence electrons. The normalized spacial score (nSPS) is 15.1. The zero-order valence-corrected chi connectivity index (χ0v) is 26.1. The van der Waals surface area contributed by atoms with Crippen LogP contribution in [0.3, 0.4) is 0 Å². The fraction of sp³-hybridized carbons (Fsp3) is 0.353. The Bertz CT molecular complexity index is 1890. The quantitative estimate of drug-likeness (QED) is 0.232. The van der Waals surface area contributed by atoms with Crippen molar-refractivity contribution in [1.82, 2.24) is 28.7 Å². The number of ether oxygens (including phenoxy) is 2. The number of likely N-dealkylation sites (tertiary alicyclic amines) is 1. The number of aromatic nitrogens is 4. The van der Waals surface area contributed by atoms with Crippen molar-refractivity contribution in [2.45, 2.75) is 25.7 Å². The predicted octanol–water partition coefficient (Wildman–Crippen LogP) is 4.52. The van der Waals surface area contributed by atoms with Crippen molar-refractivity contribution in [2.75, 3.05) is 47.9 Å². The number of Topliss-reactive ketones (excluding diaryl/α,β-unsaturated/α-hetero) is 1. The van der Waals surface area contributed by atoms with Gasteiger partial charge in [0.05, 0.1) is 48.9 Å². The summed E-state index contributed by atoms with van der Waals surface area (Å²) in [6.45, 7) is 3.73. The van der Waals surface area contributed by atoms with Gasteiger partial charge < -0.3 is 23.8 Å². The van der Waals surface area contributed by atoms with Crippen LogP contribution in [0.4, 0.5) is 0 Å². The number of carbonyl (C=O) groups is 2. The summed E-state index contributed by atoms with van der Waals surface area (Å²) in [5.74, 6) is 2.52. The van der Waals surface area contributed by atoms with Gasteiger partial charge in [-0.3, -0.25) is 19.0 Å². The summed E-state index contributed by atoms with van der Waals surface area (Å²) >= 11 is 0. The fourth-order valence-corrected chi connectivity index (χ4v) is 6.36. The zero-order valence-electron chi connectivity index (χ0n) is 26.1. The lowest BCUT2D eigenvalue weighted by atomic mass is 10.0. The second kappa shape index (κ2) is 11.8. The van der Waals surface area contributed by atoms with Crippen molar-refractivity contribution >= 4 is 28.1 Å². The number of hydrogen-bond donors (Lipinski definition) is 0. The Labute approximate surface area is 256 Å². The van der Waals surface area contributed by atoms with E-state index in [0.717, 1.165) is 56.9 Å². The number of benzene rings is 2. The smallest absolute Gasteiger partial charge is 0.236 e. The molecule has 5 aromatic rings. The van der Waals surface area contributed by atoms with E-state index in [0.29, 0.717) is 31.1 Å². The molecule has 1 amide bonds. The maximum Gasteiger partial charge on any atom is 0.236 e. The van der Waals surface area contributed by atoms with Crippen molar-refractivity contribution in [3.8, 4) is 22.8 Å². The van der Waals surface area contributed by atoms with Crippen LogP contribution in [0, 0.1) is 6.92 Å². The van der Waals surface area contributed by atoms with Crippen LogP contribution >= 0.6 is 0 Å². The van der Waals surface area contributed by atoms with Crippen LogP contribution in [0.2, 0.25) is 0 Å². The van der Waals surface area contributed by atoms with Gasteiger partial charge in [0.2, 0.25) is 5.91 Å². The molecule has 0 radical (unpaired) electrons. The van der Waals surface area contributed by atoms with E-state index >= 15 is 0 Å². The topological polar surface area (TPSA) is 94.2 Å². The van der Waals surface area contributed by atoms with E-state index in [1.165, 1.54) is 0 Å².